The maximum atomic E-state index is 12.0. The molecule has 114 valence electrons. The van der Waals surface area contributed by atoms with Gasteiger partial charge in [-0.05, 0) is 48.9 Å². The van der Waals surface area contributed by atoms with Crippen LogP contribution in [0.25, 0.3) is 0 Å². The highest BCUT2D eigenvalue weighted by Gasteiger charge is 2.05. The second-order valence-electron chi connectivity index (χ2n) is 4.74. The van der Waals surface area contributed by atoms with Gasteiger partial charge in [-0.1, -0.05) is 12.1 Å². The average Bonchev–Trinajstić information content (AvgIpc) is 2.50. The number of hydrogen-bond acceptors (Lipinski definition) is 3. The zero-order valence-corrected chi connectivity index (χ0v) is 12.3. The largest absolute Gasteiger partial charge is 0.494 e. The summed E-state index contributed by atoms with van der Waals surface area (Å²) in [6, 6.07) is 13.9. The number of anilines is 1. The predicted octanol–water partition coefficient (Wildman–Crippen LogP) is 2.37. The van der Waals surface area contributed by atoms with Crippen LogP contribution in [0.5, 0.6) is 5.75 Å². The van der Waals surface area contributed by atoms with Crippen LogP contribution in [0, 0.1) is 0 Å². The highest BCUT2D eigenvalue weighted by Crippen LogP contribution is 2.14. The van der Waals surface area contributed by atoms with E-state index in [0.717, 1.165) is 11.3 Å². The van der Waals surface area contributed by atoms with Crippen LogP contribution in [-0.4, -0.2) is 18.4 Å². The fourth-order valence-corrected chi connectivity index (χ4v) is 1.98. The Bertz CT molecular complexity index is 649. The minimum atomic E-state index is -0.493. The first-order valence-electron chi connectivity index (χ1n) is 7.00. The topological polar surface area (TPSA) is 81.4 Å². The number of hydrogen-bond donors (Lipinski definition) is 2. The lowest BCUT2D eigenvalue weighted by Gasteiger charge is -2.07. The molecule has 0 heterocycles. The van der Waals surface area contributed by atoms with Gasteiger partial charge in [0, 0.05) is 11.3 Å². The summed E-state index contributed by atoms with van der Waals surface area (Å²) in [5.41, 5.74) is 7.10. The molecule has 0 saturated heterocycles. The van der Waals surface area contributed by atoms with Gasteiger partial charge >= 0.3 is 0 Å². The van der Waals surface area contributed by atoms with Gasteiger partial charge in [0.2, 0.25) is 11.8 Å². The number of benzene rings is 2. The SMILES string of the molecule is CCOc1ccc(CC(=O)Nc2ccc(C(N)=O)cc2)cc1. The normalized spacial score (nSPS) is 10.0. The monoisotopic (exact) mass is 298 g/mol. The number of ether oxygens (including phenoxy) is 1. The third-order valence-corrected chi connectivity index (χ3v) is 3.05. The Morgan fingerprint density at radius 1 is 1.05 bits per heavy atom. The third kappa shape index (κ3) is 4.34. The maximum Gasteiger partial charge on any atom is 0.248 e. The lowest BCUT2D eigenvalue weighted by Crippen LogP contribution is -2.15. The number of carbonyl (C=O) groups is 2. The summed E-state index contributed by atoms with van der Waals surface area (Å²) in [7, 11) is 0. The fraction of sp³-hybridized carbons (Fsp3) is 0.176. The Labute approximate surface area is 129 Å². The molecule has 22 heavy (non-hydrogen) atoms. The van der Waals surface area contributed by atoms with Crippen molar-refractivity contribution in [1.29, 1.82) is 0 Å². The minimum Gasteiger partial charge on any atom is -0.494 e. The van der Waals surface area contributed by atoms with Crippen molar-refractivity contribution in [3.8, 4) is 5.75 Å². The van der Waals surface area contributed by atoms with E-state index in [1.165, 1.54) is 0 Å². The van der Waals surface area contributed by atoms with Crippen LogP contribution in [0.4, 0.5) is 5.69 Å². The van der Waals surface area contributed by atoms with E-state index < -0.39 is 5.91 Å². The number of nitrogens with one attached hydrogen (secondary N) is 1. The van der Waals surface area contributed by atoms with Crippen LogP contribution < -0.4 is 15.8 Å². The second kappa shape index (κ2) is 7.26. The molecule has 0 fully saturated rings. The molecule has 0 unspecified atom stereocenters. The van der Waals surface area contributed by atoms with Gasteiger partial charge < -0.3 is 15.8 Å². The van der Waals surface area contributed by atoms with Crippen molar-refractivity contribution in [3.05, 3.63) is 59.7 Å². The van der Waals surface area contributed by atoms with Crippen LogP contribution in [-0.2, 0) is 11.2 Å². The van der Waals surface area contributed by atoms with E-state index in [9.17, 15) is 9.59 Å². The molecule has 3 N–H and O–H groups in total. The second-order valence-corrected chi connectivity index (χ2v) is 4.74. The Balaban J connectivity index is 1.93. The Morgan fingerprint density at radius 2 is 1.68 bits per heavy atom. The minimum absolute atomic E-state index is 0.129. The number of rotatable bonds is 6. The molecule has 0 saturated carbocycles. The van der Waals surface area contributed by atoms with E-state index in [0.29, 0.717) is 17.9 Å². The number of amides is 2. The van der Waals surface area contributed by atoms with Crippen molar-refractivity contribution in [3.63, 3.8) is 0 Å². The zero-order chi connectivity index (χ0) is 15.9. The highest BCUT2D eigenvalue weighted by atomic mass is 16.5. The highest BCUT2D eigenvalue weighted by molar-refractivity contribution is 5.95. The first kappa shape index (κ1) is 15.6. The number of nitrogens with two attached hydrogens (primary N) is 1. The summed E-state index contributed by atoms with van der Waals surface area (Å²) < 4.78 is 5.35. The smallest absolute Gasteiger partial charge is 0.248 e. The standard InChI is InChI=1S/C17H18N2O3/c1-2-22-15-9-3-12(4-10-15)11-16(20)19-14-7-5-13(6-8-14)17(18)21/h3-10H,2,11H2,1H3,(H2,18,21)(H,19,20). The summed E-state index contributed by atoms with van der Waals surface area (Å²) >= 11 is 0. The van der Waals surface area contributed by atoms with Gasteiger partial charge in [-0.2, -0.15) is 0 Å². The molecule has 2 amide bonds. The lowest BCUT2D eigenvalue weighted by molar-refractivity contribution is -0.115. The molecule has 0 aromatic heterocycles. The molecular formula is C17H18N2O3. The van der Waals surface area contributed by atoms with Crippen molar-refractivity contribution < 1.29 is 14.3 Å². The van der Waals surface area contributed by atoms with E-state index in [2.05, 4.69) is 5.32 Å². The van der Waals surface area contributed by atoms with Gasteiger partial charge in [-0.3, -0.25) is 9.59 Å². The van der Waals surface area contributed by atoms with Crippen LogP contribution >= 0.6 is 0 Å². The Kier molecular flexibility index (Phi) is 5.14. The van der Waals surface area contributed by atoms with E-state index in [1.54, 1.807) is 24.3 Å². The van der Waals surface area contributed by atoms with Crippen LogP contribution in [0.1, 0.15) is 22.8 Å². The van der Waals surface area contributed by atoms with E-state index in [1.807, 2.05) is 31.2 Å². The first-order chi connectivity index (χ1) is 10.6. The lowest BCUT2D eigenvalue weighted by atomic mass is 10.1. The molecule has 0 atom stereocenters. The molecule has 0 aliphatic carbocycles. The van der Waals surface area contributed by atoms with Crippen LogP contribution in [0.3, 0.4) is 0 Å². The fourth-order valence-electron chi connectivity index (χ4n) is 1.98. The summed E-state index contributed by atoms with van der Waals surface area (Å²) in [6.07, 6.45) is 0.268. The predicted molar refractivity (Wildman–Crippen MR) is 84.9 cm³/mol. The van der Waals surface area contributed by atoms with Crippen molar-refractivity contribution in [1.82, 2.24) is 0 Å². The average molecular weight is 298 g/mol. The first-order valence-corrected chi connectivity index (χ1v) is 7.00. The summed E-state index contributed by atoms with van der Waals surface area (Å²) in [5.74, 6) is 0.164. The third-order valence-electron chi connectivity index (χ3n) is 3.05. The Morgan fingerprint density at radius 3 is 2.23 bits per heavy atom. The molecule has 0 radical (unpaired) electrons. The molecule has 2 aromatic rings. The molecule has 0 spiro atoms. The summed E-state index contributed by atoms with van der Waals surface area (Å²) in [5, 5.41) is 2.77. The van der Waals surface area contributed by atoms with Gasteiger partial charge in [-0.25, -0.2) is 0 Å². The number of primary amides is 1. The van der Waals surface area contributed by atoms with Gasteiger partial charge in [-0.15, -0.1) is 0 Å². The molecule has 0 aliphatic heterocycles. The van der Waals surface area contributed by atoms with Crippen molar-refractivity contribution >= 4 is 17.5 Å². The quantitative estimate of drug-likeness (QED) is 0.859. The molecule has 5 nitrogen and oxygen atoms in total. The summed E-state index contributed by atoms with van der Waals surface area (Å²) in [4.78, 5) is 23.0. The molecule has 2 rings (SSSR count). The van der Waals surface area contributed by atoms with E-state index in [-0.39, 0.29) is 12.3 Å². The molecular weight excluding hydrogens is 280 g/mol. The number of carbonyl (C=O) groups excluding carboxylic acids is 2. The Hall–Kier alpha value is -2.82. The van der Waals surface area contributed by atoms with Gasteiger partial charge in [0.05, 0.1) is 13.0 Å². The molecule has 5 heteroatoms. The van der Waals surface area contributed by atoms with Gasteiger partial charge in [0.15, 0.2) is 0 Å². The maximum absolute atomic E-state index is 12.0. The van der Waals surface area contributed by atoms with E-state index >= 15 is 0 Å². The molecule has 0 aliphatic rings. The molecule has 2 aromatic carbocycles. The van der Waals surface area contributed by atoms with Crippen LogP contribution in [0.2, 0.25) is 0 Å². The van der Waals surface area contributed by atoms with Crippen molar-refractivity contribution in [2.45, 2.75) is 13.3 Å². The van der Waals surface area contributed by atoms with Gasteiger partial charge in [0.25, 0.3) is 0 Å². The van der Waals surface area contributed by atoms with Crippen molar-refractivity contribution in [2.24, 2.45) is 5.73 Å². The van der Waals surface area contributed by atoms with Crippen molar-refractivity contribution in [2.75, 3.05) is 11.9 Å². The zero-order valence-electron chi connectivity index (χ0n) is 12.3. The summed E-state index contributed by atoms with van der Waals surface area (Å²) in [6.45, 7) is 2.53. The molecule has 0 bridgehead atoms. The van der Waals surface area contributed by atoms with Crippen LogP contribution in [0.15, 0.2) is 48.5 Å². The van der Waals surface area contributed by atoms with E-state index in [4.69, 9.17) is 10.5 Å². The van der Waals surface area contributed by atoms with Gasteiger partial charge in [0.1, 0.15) is 5.75 Å².